The van der Waals surface area contributed by atoms with E-state index in [1.54, 1.807) is 16.8 Å². The topological polar surface area (TPSA) is 89.9 Å². The van der Waals surface area contributed by atoms with E-state index >= 15 is 0 Å². The van der Waals surface area contributed by atoms with Crippen molar-refractivity contribution in [3.63, 3.8) is 0 Å². The summed E-state index contributed by atoms with van der Waals surface area (Å²) in [6.07, 6.45) is -3.36. The molecule has 0 saturated heterocycles. The molecule has 12 heteroatoms. The van der Waals surface area contributed by atoms with Crippen LogP contribution in [-0.2, 0) is 23.8 Å². The quantitative estimate of drug-likeness (QED) is 0.346. The zero-order valence-electron chi connectivity index (χ0n) is 19.8. The minimum Gasteiger partial charge on any atom is -0.383 e. The largest absolute Gasteiger partial charge is 0.419 e. The van der Waals surface area contributed by atoms with E-state index in [4.69, 9.17) is 22.4 Å². The standard InChI is InChI=1S/C25H21ClF4N6O/c1-12(2)36-24-20(23(31)32-11-33-24)22(34-36)15-4-6-18-14(21(15)26)7-8-35(18)19(37)10-13-3-5-17(27)16(9-13)25(28,29)30/h3-6,9,11-12H,7-8,10H2,1-2H3,(H2,31,32,33). The number of amides is 1. The summed E-state index contributed by atoms with van der Waals surface area (Å²) in [6, 6.07) is 6.03. The highest BCUT2D eigenvalue weighted by Gasteiger charge is 2.35. The number of benzene rings is 2. The lowest BCUT2D eigenvalue weighted by atomic mass is 10.0. The molecule has 5 rings (SSSR count). The van der Waals surface area contributed by atoms with Gasteiger partial charge in [0.1, 0.15) is 23.7 Å². The molecule has 0 aliphatic carbocycles. The normalized spacial score (nSPS) is 13.6. The van der Waals surface area contributed by atoms with E-state index in [1.165, 1.54) is 17.3 Å². The van der Waals surface area contributed by atoms with Crippen LogP contribution in [0, 0.1) is 5.82 Å². The Morgan fingerprint density at radius 1 is 1.19 bits per heavy atom. The van der Waals surface area contributed by atoms with E-state index in [0.29, 0.717) is 57.6 Å². The maximum absolute atomic E-state index is 13.6. The van der Waals surface area contributed by atoms with Crippen LogP contribution in [0.25, 0.3) is 22.3 Å². The van der Waals surface area contributed by atoms with Crippen molar-refractivity contribution in [3.05, 3.63) is 64.2 Å². The van der Waals surface area contributed by atoms with Crippen molar-refractivity contribution in [1.29, 1.82) is 0 Å². The Bertz CT molecular complexity index is 1550. The van der Waals surface area contributed by atoms with Gasteiger partial charge < -0.3 is 10.6 Å². The zero-order chi connectivity index (χ0) is 26.6. The van der Waals surface area contributed by atoms with Crippen molar-refractivity contribution in [3.8, 4) is 11.3 Å². The Morgan fingerprint density at radius 3 is 2.65 bits per heavy atom. The number of halogens is 5. The maximum atomic E-state index is 13.6. The van der Waals surface area contributed by atoms with Gasteiger partial charge in [0.25, 0.3) is 0 Å². The summed E-state index contributed by atoms with van der Waals surface area (Å²) < 4.78 is 54.6. The molecular formula is C25H21ClF4N6O. The van der Waals surface area contributed by atoms with Crippen LogP contribution in [0.2, 0.25) is 5.02 Å². The number of fused-ring (bicyclic) bond motifs is 2. The molecule has 1 amide bonds. The molecule has 0 radical (unpaired) electrons. The number of carbonyl (C=O) groups is 1. The van der Waals surface area contributed by atoms with Gasteiger partial charge in [-0.1, -0.05) is 17.7 Å². The summed E-state index contributed by atoms with van der Waals surface area (Å²) in [6.45, 7) is 4.22. The number of hydrogen-bond acceptors (Lipinski definition) is 5. The molecule has 2 N–H and O–H groups in total. The first-order valence-corrected chi connectivity index (χ1v) is 11.8. The van der Waals surface area contributed by atoms with Crippen molar-refractivity contribution in [2.24, 2.45) is 0 Å². The second kappa shape index (κ2) is 8.98. The molecule has 37 heavy (non-hydrogen) atoms. The van der Waals surface area contributed by atoms with Gasteiger partial charge in [-0.3, -0.25) is 4.79 Å². The average Bonchev–Trinajstić information content (AvgIpc) is 3.43. The fourth-order valence-corrected chi connectivity index (χ4v) is 4.95. The van der Waals surface area contributed by atoms with Gasteiger partial charge in [0.05, 0.1) is 22.4 Å². The van der Waals surface area contributed by atoms with Crippen molar-refractivity contribution < 1.29 is 22.4 Å². The van der Waals surface area contributed by atoms with Crippen molar-refractivity contribution in [2.45, 2.75) is 38.9 Å². The van der Waals surface area contributed by atoms with Crippen LogP contribution in [-0.4, -0.2) is 32.2 Å². The second-order valence-corrected chi connectivity index (χ2v) is 9.43. The monoisotopic (exact) mass is 532 g/mol. The van der Waals surface area contributed by atoms with Crippen molar-refractivity contribution in [2.75, 3.05) is 17.2 Å². The van der Waals surface area contributed by atoms with Crippen LogP contribution < -0.4 is 10.6 Å². The lowest BCUT2D eigenvalue weighted by Crippen LogP contribution is -2.30. The third kappa shape index (κ3) is 4.26. The molecule has 0 bridgehead atoms. The molecule has 2 aromatic heterocycles. The van der Waals surface area contributed by atoms with Gasteiger partial charge in [-0.2, -0.15) is 18.3 Å². The van der Waals surface area contributed by atoms with E-state index in [1.807, 2.05) is 13.8 Å². The first-order chi connectivity index (χ1) is 17.5. The molecule has 0 saturated carbocycles. The molecule has 7 nitrogen and oxygen atoms in total. The first-order valence-electron chi connectivity index (χ1n) is 11.4. The van der Waals surface area contributed by atoms with Gasteiger partial charge in [0.15, 0.2) is 5.65 Å². The van der Waals surface area contributed by atoms with E-state index in [2.05, 4.69) is 9.97 Å². The molecule has 2 aromatic carbocycles. The summed E-state index contributed by atoms with van der Waals surface area (Å²) >= 11 is 6.81. The van der Waals surface area contributed by atoms with Crippen molar-refractivity contribution in [1.82, 2.24) is 19.7 Å². The third-order valence-corrected chi connectivity index (χ3v) is 6.78. The minimum absolute atomic E-state index is 0.00353. The molecule has 4 aromatic rings. The number of nitrogen functional groups attached to an aromatic ring is 1. The highest BCUT2D eigenvalue weighted by atomic mass is 35.5. The maximum Gasteiger partial charge on any atom is 0.419 e. The highest BCUT2D eigenvalue weighted by Crippen LogP contribution is 2.42. The van der Waals surface area contributed by atoms with Gasteiger partial charge >= 0.3 is 6.18 Å². The van der Waals surface area contributed by atoms with Crippen LogP contribution in [0.5, 0.6) is 0 Å². The van der Waals surface area contributed by atoms with E-state index < -0.39 is 23.5 Å². The van der Waals surface area contributed by atoms with E-state index in [0.717, 1.165) is 6.07 Å². The Labute approximate surface area is 213 Å². The number of alkyl halides is 3. The molecule has 0 spiro atoms. The van der Waals surface area contributed by atoms with Crippen LogP contribution in [0.3, 0.4) is 0 Å². The number of nitrogens with two attached hydrogens (primary N) is 1. The number of hydrogen-bond donors (Lipinski definition) is 1. The van der Waals surface area contributed by atoms with E-state index in [9.17, 15) is 22.4 Å². The smallest absolute Gasteiger partial charge is 0.383 e. The highest BCUT2D eigenvalue weighted by molar-refractivity contribution is 6.35. The number of aromatic nitrogens is 4. The summed E-state index contributed by atoms with van der Waals surface area (Å²) in [5, 5.41) is 5.66. The molecule has 1 aliphatic rings. The lowest BCUT2D eigenvalue weighted by molar-refractivity contribution is -0.140. The van der Waals surface area contributed by atoms with Crippen LogP contribution in [0.1, 0.15) is 36.6 Å². The number of anilines is 2. The Hall–Kier alpha value is -3.73. The lowest BCUT2D eigenvalue weighted by Gasteiger charge is -2.19. The van der Waals surface area contributed by atoms with E-state index in [-0.39, 0.29) is 23.8 Å². The number of nitrogens with zero attached hydrogens (tertiary/aromatic N) is 5. The van der Waals surface area contributed by atoms with Crippen LogP contribution >= 0.6 is 11.6 Å². The predicted molar refractivity (Wildman–Crippen MR) is 132 cm³/mol. The number of carbonyl (C=O) groups excluding carboxylic acids is 1. The van der Waals surface area contributed by atoms with Gasteiger partial charge in [-0.05, 0) is 55.7 Å². The molecule has 0 atom stereocenters. The molecular weight excluding hydrogens is 512 g/mol. The minimum atomic E-state index is -4.85. The Morgan fingerprint density at radius 2 is 1.95 bits per heavy atom. The molecule has 0 unspecified atom stereocenters. The predicted octanol–water partition coefficient (Wildman–Crippen LogP) is 5.60. The molecule has 192 valence electrons. The second-order valence-electron chi connectivity index (χ2n) is 9.05. The Balaban J connectivity index is 1.49. The van der Waals surface area contributed by atoms with Gasteiger partial charge in [-0.15, -0.1) is 0 Å². The summed E-state index contributed by atoms with van der Waals surface area (Å²) in [4.78, 5) is 22.9. The zero-order valence-corrected chi connectivity index (χ0v) is 20.5. The fourth-order valence-electron chi connectivity index (χ4n) is 4.60. The SMILES string of the molecule is CC(C)n1nc(-c2ccc3c(c2Cl)CCN3C(=O)Cc2ccc(F)c(C(F)(F)F)c2)c2c(N)ncnc21. The molecule has 0 fully saturated rings. The number of rotatable bonds is 4. The molecule has 1 aliphatic heterocycles. The average molecular weight is 533 g/mol. The van der Waals surface area contributed by atoms with Gasteiger partial charge in [-0.25, -0.2) is 19.0 Å². The van der Waals surface area contributed by atoms with Crippen LogP contribution in [0.15, 0.2) is 36.7 Å². The van der Waals surface area contributed by atoms with Gasteiger partial charge in [0, 0.05) is 23.8 Å². The summed E-state index contributed by atoms with van der Waals surface area (Å²) in [5.74, 6) is -1.54. The third-order valence-electron chi connectivity index (χ3n) is 6.35. The Kier molecular flexibility index (Phi) is 6.06. The summed E-state index contributed by atoms with van der Waals surface area (Å²) in [7, 11) is 0. The first kappa shape index (κ1) is 24.9. The van der Waals surface area contributed by atoms with Crippen molar-refractivity contribution >= 4 is 40.0 Å². The fraction of sp³-hybridized carbons (Fsp3) is 0.280. The van der Waals surface area contributed by atoms with Crippen LogP contribution in [0.4, 0.5) is 29.1 Å². The summed E-state index contributed by atoms with van der Waals surface area (Å²) in [5.41, 5.74) is 7.80. The van der Waals surface area contributed by atoms with Gasteiger partial charge in [0.2, 0.25) is 5.91 Å². The molecule has 3 heterocycles.